The largest absolute Gasteiger partial charge is 0.368 e. The number of nitriles is 1. The molecule has 3 N–H and O–H groups in total. The predicted molar refractivity (Wildman–Crippen MR) is 81.7 cm³/mol. The number of amides is 2. The van der Waals surface area contributed by atoms with Crippen LogP contribution in [0.2, 0.25) is 0 Å². The number of hydrogen-bond donors (Lipinski definition) is 2. The van der Waals surface area contributed by atoms with Crippen LogP contribution in [0.5, 0.6) is 0 Å². The fourth-order valence-corrected chi connectivity index (χ4v) is 2.08. The lowest BCUT2D eigenvalue weighted by atomic mass is 10.0. The third-order valence-electron chi connectivity index (χ3n) is 3.35. The molecular weight excluding hydrogens is 316 g/mol. The molecule has 2 rings (SSSR count). The van der Waals surface area contributed by atoms with Gasteiger partial charge in [-0.15, -0.1) is 0 Å². The number of rotatable bonds is 5. The molecule has 122 valence electrons. The highest BCUT2D eigenvalue weighted by molar-refractivity contribution is 5.97. The van der Waals surface area contributed by atoms with Crippen molar-refractivity contribution < 1.29 is 18.4 Å². The fourth-order valence-electron chi connectivity index (χ4n) is 2.08. The predicted octanol–water partition coefficient (Wildman–Crippen LogP) is 1.66. The van der Waals surface area contributed by atoms with E-state index in [1.165, 1.54) is 0 Å². The van der Waals surface area contributed by atoms with Crippen molar-refractivity contribution in [1.82, 2.24) is 5.32 Å². The molecule has 0 aliphatic rings. The van der Waals surface area contributed by atoms with Crippen LogP contribution in [0, 0.1) is 23.0 Å². The number of carbonyl (C=O) groups excluding carboxylic acids is 2. The molecule has 0 heterocycles. The standard InChI is InChI=1S/C17H13F2N3O2/c18-12-5-6-13(14(19)8-12)17(24)22-15(16(21)23)7-10-1-3-11(9-20)4-2-10/h1-6,8,15H,7H2,(H2,21,23)(H,22,24)/t15-/m0/s1. The maximum Gasteiger partial charge on any atom is 0.254 e. The van der Waals surface area contributed by atoms with E-state index in [9.17, 15) is 18.4 Å². The van der Waals surface area contributed by atoms with Crippen LogP contribution in [0.3, 0.4) is 0 Å². The summed E-state index contributed by atoms with van der Waals surface area (Å²) in [4.78, 5) is 23.6. The van der Waals surface area contributed by atoms with E-state index >= 15 is 0 Å². The minimum absolute atomic E-state index is 0.0790. The summed E-state index contributed by atoms with van der Waals surface area (Å²) < 4.78 is 26.5. The number of benzene rings is 2. The van der Waals surface area contributed by atoms with Gasteiger partial charge >= 0.3 is 0 Å². The van der Waals surface area contributed by atoms with Gasteiger partial charge in [-0.2, -0.15) is 5.26 Å². The van der Waals surface area contributed by atoms with Crippen molar-refractivity contribution >= 4 is 11.8 Å². The number of carbonyl (C=O) groups is 2. The summed E-state index contributed by atoms with van der Waals surface area (Å²) >= 11 is 0. The summed E-state index contributed by atoms with van der Waals surface area (Å²) in [5.74, 6) is -3.51. The summed E-state index contributed by atoms with van der Waals surface area (Å²) in [5, 5.41) is 11.1. The van der Waals surface area contributed by atoms with Gasteiger partial charge in [0.2, 0.25) is 5.91 Å². The first kappa shape index (κ1) is 17.1. The van der Waals surface area contributed by atoms with Crippen LogP contribution in [0.1, 0.15) is 21.5 Å². The Bertz CT molecular complexity index is 814. The van der Waals surface area contributed by atoms with Gasteiger partial charge in [-0.05, 0) is 29.8 Å². The van der Waals surface area contributed by atoms with Gasteiger partial charge in [0.25, 0.3) is 5.91 Å². The molecule has 0 radical (unpaired) electrons. The molecule has 2 aromatic carbocycles. The zero-order chi connectivity index (χ0) is 17.7. The van der Waals surface area contributed by atoms with Gasteiger partial charge in [-0.3, -0.25) is 9.59 Å². The van der Waals surface area contributed by atoms with Gasteiger partial charge < -0.3 is 11.1 Å². The number of nitrogens with one attached hydrogen (secondary N) is 1. The van der Waals surface area contributed by atoms with Crippen LogP contribution < -0.4 is 11.1 Å². The molecule has 7 heteroatoms. The molecule has 5 nitrogen and oxygen atoms in total. The van der Waals surface area contributed by atoms with Crippen molar-refractivity contribution in [2.24, 2.45) is 5.73 Å². The maximum absolute atomic E-state index is 13.6. The summed E-state index contributed by atoms with van der Waals surface area (Å²) in [5.41, 5.74) is 6.00. The second-order valence-corrected chi connectivity index (χ2v) is 5.07. The highest BCUT2D eigenvalue weighted by Crippen LogP contribution is 2.11. The van der Waals surface area contributed by atoms with Crippen LogP contribution in [-0.2, 0) is 11.2 Å². The quantitative estimate of drug-likeness (QED) is 0.873. The second-order valence-electron chi connectivity index (χ2n) is 5.07. The van der Waals surface area contributed by atoms with E-state index in [0.717, 1.165) is 12.1 Å². The Labute approximate surface area is 136 Å². The van der Waals surface area contributed by atoms with Crippen molar-refractivity contribution in [3.8, 4) is 6.07 Å². The number of hydrogen-bond acceptors (Lipinski definition) is 3. The maximum atomic E-state index is 13.6. The van der Waals surface area contributed by atoms with Crippen LogP contribution in [0.15, 0.2) is 42.5 Å². The Hall–Kier alpha value is -3.27. The fraction of sp³-hybridized carbons (Fsp3) is 0.118. The van der Waals surface area contributed by atoms with Crippen LogP contribution >= 0.6 is 0 Å². The molecule has 24 heavy (non-hydrogen) atoms. The van der Waals surface area contributed by atoms with Crippen molar-refractivity contribution in [3.63, 3.8) is 0 Å². The van der Waals surface area contributed by atoms with Crippen LogP contribution in [-0.4, -0.2) is 17.9 Å². The van der Waals surface area contributed by atoms with Gasteiger partial charge in [-0.1, -0.05) is 12.1 Å². The minimum atomic E-state index is -1.07. The summed E-state index contributed by atoms with van der Waals surface area (Å²) in [6.45, 7) is 0. The van der Waals surface area contributed by atoms with Crippen LogP contribution in [0.25, 0.3) is 0 Å². The molecule has 2 amide bonds. The van der Waals surface area contributed by atoms with Gasteiger partial charge in [-0.25, -0.2) is 8.78 Å². The lowest BCUT2D eigenvalue weighted by Crippen LogP contribution is -2.46. The third-order valence-corrected chi connectivity index (χ3v) is 3.35. The Balaban J connectivity index is 2.14. The highest BCUT2D eigenvalue weighted by atomic mass is 19.1. The van der Waals surface area contributed by atoms with E-state index in [2.05, 4.69) is 5.32 Å². The molecule has 2 aromatic rings. The summed E-state index contributed by atoms with van der Waals surface area (Å²) in [6.07, 6.45) is 0.0790. The Kier molecular flexibility index (Phi) is 5.22. The molecule has 1 atom stereocenters. The Morgan fingerprint density at radius 2 is 1.83 bits per heavy atom. The highest BCUT2D eigenvalue weighted by Gasteiger charge is 2.21. The average molecular weight is 329 g/mol. The smallest absolute Gasteiger partial charge is 0.254 e. The van der Waals surface area contributed by atoms with Gasteiger partial charge in [0, 0.05) is 12.5 Å². The van der Waals surface area contributed by atoms with Crippen molar-refractivity contribution in [2.45, 2.75) is 12.5 Å². The molecule has 0 aliphatic heterocycles. The first-order chi connectivity index (χ1) is 11.4. The van der Waals surface area contributed by atoms with E-state index in [-0.39, 0.29) is 12.0 Å². The normalized spacial score (nSPS) is 11.4. The topological polar surface area (TPSA) is 96.0 Å². The first-order valence-electron chi connectivity index (χ1n) is 6.95. The van der Waals surface area contributed by atoms with Crippen LogP contribution in [0.4, 0.5) is 8.78 Å². The van der Waals surface area contributed by atoms with Crippen molar-refractivity contribution in [2.75, 3.05) is 0 Å². The third kappa shape index (κ3) is 4.14. The second kappa shape index (κ2) is 7.33. The first-order valence-corrected chi connectivity index (χ1v) is 6.95. The zero-order valence-corrected chi connectivity index (χ0v) is 12.4. The number of halogens is 2. The lowest BCUT2D eigenvalue weighted by molar-refractivity contribution is -0.119. The van der Waals surface area contributed by atoms with E-state index < -0.39 is 29.5 Å². The van der Waals surface area contributed by atoms with E-state index in [0.29, 0.717) is 17.2 Å². The van der Waals surface area contributed by atoms with E-state index in [4.69, 9.17) is 11.0 Å². The number of nitrogens with zero attached hydrogens (tertiary/aromatic N) is 1. The van der Waals surface area contributed by atoms with Gasteiger partial charge in [0.05, 0.1) is 17.2 Å². The molecule has 0 spiro atoms. The average Bonchev–Trinajstić information content (AvgIpc) is 2.54. The van der Waals surface area contributed by atoms with Crippen molar-refractivity contribution in [1.29, 1.82) is 5.26 Å². The number of primary amides is 1. The van der Waals surface area contributed by atoms with Gasteiger partial charge in [0.15, 0.2) is 0 Å². The molecule has 0 aliphatic carbocycles. The SMILES string of the molecule is N#Cc1ccc(C[C@H](NC(=O)c2ccc(F)cc2F)C(N)=O)cc1. The molecule has 0 saturated carbocycles. The molecule has 0 fully saturated rings. The van der Waals surface area contributed by atoms with E-state index in [1.54, 1.807) is 24.3 Å². The lowest BCUT2D eigenvalue weighted by Gasteiger charge is -2.16. The van der Waals surface area contributed by atoms with Crippen molar-refractivity contribution in [3.05, 3.63) is 70.8 Å². The monoisotopic (exact) mass is 329 g/mol. The zero-order valence-electron chi connectivity index (χ0n) is 12.4. The Morgan fingerprint density at radius 3 is 2.38 bits per heavy atom. The molecule has 0 aromatic heterocycles. The summed E-state index contributed by atoms with van der Waals surface area (Å²) in [7, 11) is 0. The van der Waals surface area contributed by atoms with E-state index in [1.807, 2.05) is 6.07 Å². The minimum Gasteiger partial charge on any atom is -0.368 e. The molecule has 0 unspecified atom stereocenters. The molecule has 0 bridgehead atoms. The number of nitrogens with two attached hydrogens (primary N) is 1. The Morgan fingerprint density at radius 1 is 1.17 bits per heavy atom. The molecular formula is C17H13F2N3O2. The van der Waals surface area contributed by atoms with Gasteiger partial charge in [0.1, 0.15) is 17.7 Å². The summed E-state index contributed by atoms with van der Waals surface area (Å²) in [6, 6.07) is 9.77. The molecule has 0 saturated heterocycles.